The van der Waals surface area contributed by atoms with Crippen LogP contribution in [0.25, 0.3) is 0 Å². The van der Waals surface area contributed by atoms with Crippen LogP contribution in [0, 0.1) is 11.8 Å². The number of nitrogens with one attached hydrogen (secondary N) is 1. The van der Waals surface area contributed by atoms with Crippen molar-refractivity contribution < 1.29 is 0 Å². The van der Waals surface area contributed by atoms with E-state index in [-0.39, 0.29) is 0 Å². The summed E-state index contributed by atoms with van der Waals surface area (Å²) in [7, 11) is 0. The van der Waals surface area contributed by atoms with Gasteiger partial charge >= 0.3 is 0 Å². The van der Waals surface area contributed by atoms with Crippen molar-refractivity contribution in [3.63, 3.8) is 0 Å². The molecule has 0 aromatic carbocycles. The Labute approximate surface area is 109 Å². The minimum atomic E-state index is 0.662. The zero-order valence-electron chi connectivity index (χ0n) is 13.1. The molecule has 0 fully saturated rings. The minimum Gasteiger partial charge on any atom is -0.316 e. The van der Waals surface area contributed by atoms with Gasteiger partial charge in [0.2, 0.25) is 0 Å². The summed E-state index contributed by atoms with van der Waals surface area (Å²) in [5, 5.41) is 3.57. The fraction of sp³-hybridized carbons (Fsp3) is 1.00. The zero-order chi connectivity index (χ0) is 13.4. The number of hydrogen-bond donors (Lipinski definition) is 1. The Morgan fingerprint density at radius 1 is 0.941 bits per heavy atom. The maximum absolute atomic E-state index is 3.57. The molecule has 0 bridgehead atoms. The van der Waals surface area contributed by atoms with Gasteiger partial charge in [0.1, 0.15) is 0 Å². The second-order valence-electron chi connectivity index (χ2n) is 5.86. The SMILES string of the molecule is CCC(C)N(CC)C(C)C(C)CNCC(C)C. The molecular weight excluding hydrogens is 208 g/mol. The predicted octanol–water partition coefficient (Wildman–Crippen LogP) is 3.38. The van der Waals surface area contributed by atoms with Crippen molar-refractivity contribution in [3.05, 3.63) is 0 Å². The molecule has 0 saturated heterocycles. The van der Waals surface area contributed by atoms with E-state index in [1.807, 2.05) is 0 Å². The van der Waals surface area contributed by atoms with Crippen LogP contribution >= 0.6 is 0 Å². The number of hydrogen-bond acceptors (Lipinski definition) is 2. The van der Waals surface area contributed by atoms with Gasteiger partial charge in [-0.15, -0.1) is 0 Å². The third kappa shape index (κ3) is 6.42. The van der Waals surface area contributed by atoms with E-state index in [1.54, 1.807) is 0 Å². The van der Waals surface area contributed by atoms with E-state index in [1.165, 1.54) is 6.42 Å². The molecule has 0 rings (SSSR count). The first-order chi connectivity index (χ1) is 7.93. The summed E-state index contributed by atoms with van der Waals surface area (Å²) in [6, 6.07) is 1.36. The average Bonchev–Trinajstić information content (AvgIpc) is 2.28. The van der Waals surface area contributed by atoms with Crippen LogP contribution in [0.5, 0.6) is 0 Å². The largest absolute Gasteiger partial charge is 0.316 e. The Hall–Kier alpha value is -0.0800. The topological polar surface area (TPSA) is 15.3 Å². The van der Waals surface area contributed by atoms with Gasteiger partial charge in [0.05, 0.1) is 0 Å². The Bertz CT molecular complexity index is 180. The molecule has 0 aliphatic rings. The van der Waals surface area contributed by atoms with E-state index in [4.69, 9.17) is 0 Å². The molecule has 0 aliphatic heterocycles. The van der Waals surface area contributed by atoms with Gasteiger partial charge in [-0.05, 0) is 51.7 Å². The molecule has 0 heterocycles. The van der Waals surface area contributed by atoms with E-state index in [0.717, 1.165) is 25.6 Å². The van der Waals surface area contributed by atoms with E-state index in [2.05, 4.69) is 58.7 Å². The third-order valence-corrected chi connectivity index (χ3v) is 3.89. The lowest BCUT2D eigenvalue weighted by Gasteiger charge is -2.36. The van der Waals surface area contributed by atoms with Crippen LogP contribution in [-0.4, -0.2) is 36.6 Å². The molecule has 0 amide bonds. The summed E-state index contributed by atoms with van der Waals surface area (Å²) >= 11 is 0. The highest BCUT2D eigenvalue weighted by Gasteiger charge is 2.21. The molecule has 2 heteroatoms. The maximum Gasteiger partial charge on any atom is 0.0107 e. The lowest BCUT2D eigenvalue weighted by Crippen LogP contribution is -2.45. The summed E-state index contributed by atoms with van der Waals surface area (Å²) in [6.45, 7) is 19.6. The fourth-order valence-corrected chi connectivity index (χ4v) is 2.33. The fourth-order valence-electron chi connectivity index (χ4n) is 2.33. The second-order valence-corrected chi connectivity index (χ2v) is 5.86. The zero-order valence-corrected chi connectivity index (χ0v) is 13.1. The summed E-state index contributed by atoms with van der Waals surface area (Å²) < 4.78 is 0. The molecule has 0 saturated carbocycles. The molecule has 0 aliphatic carbocycles. The molecule has 104 valence electrons. The van der Waals surface area contributed by atoms with E-state index >= 15 is 0 Å². The Morgan fingerprint density at radius 2 is 1.53 bits per heavy atom. The summed E-state index contributed by atoms with van der Waals surface area (Å²) in [6.07, 6.45) is 1.24. The van der Waals surface area contributed by atoms with Crippen LogP contribution in [0.2, 0.25) is 0 Å². The molecule has 3 unspecified atom stereocenters. The van der Waals surface area contributed by atoms with Crippen molar-refractivity contribution in [2.75, 3.05) is 19.6 Å². The standard InChI is InChI=1S/C15H34N2/c1-8-14(6)17(9-2)15(7)13(5)11-16-10-12(3)4/h12-16H,8-11H2,1-7H3. The van der Waals surface area contributed by atoms with Crippen LogP contribution in [0.4, 0.5) is 0 Å². The molecule has 0 aromatic heterocycles. The van der Waals surface area contributed by atoms with Crippen LogP contribution < -0.4 is 5.32 Å². The molecular formula is C15H34N2. The number of rotatable bonds is 9. The van der Waals surface area contributed by atoms with Gasteiger partial charge < -0.3 is 5.32 Å². The van der Waals surface area contributed by atoms with Gasteiger partial charge in [-0.3, -0.25) is 4.90 Å². The van der Waals surface area contributed by atoms with Crippen LogP contribution in [-0.2, 0) is 0 Å². The molecule has 0 spiro atoms. The van der Waals surface area contributed by atoms with Gasteiger partial charge in [-0.2, -0.15) is 0 Å². The average molecular weight is 242 g/mol. The Kier molecular flexibility index (Phi) is 8.89. The quantitative estimate of drug-likeness (QED) is 0.667. The van der Waals surface area contributed by atoms with Crippen LogP contribution in [0.1, 0.15) is 54.9 Å². The monoisotopic (exact) mass is 242 g/mol. The first-order valence-corrected chi connectivity index (χ1v) is 7.40. The Balaban J connectivity index is 4.11. The van der Waals surface area contributed by atoms with E-state index in [9.17, 15) is 0 Å². The van der Waals surface area contributed by atoms with Crippen molar-refractivity contribution in [2.45, 2.75) is 67.0 Å². The van der Waals surface area contributed by atoms with Gasteiger partial charge in [0.15, 0.2) is 0 Å². The van der Waals surface area contributed by atoms with Crippen molar-refractivity contribution in [1.82, 2.24) is 10.2 Å². The smallest absolute Gasteiger partial charge is 0.0107 e. The minimum absolute atomic E-state index is 0.662. The van der Waals surface area contributed by atoms with E-state index in [0.29, 0.717) is 18.0 Å². The lowest BCUT2D eigenvalue weighted by atomic mass is 9.99. The highest BCUT2D eigenvalue weighted by atomic mass is 15.2. The highest BCUT2D eigenvalue weighted by molar-refractivity contribution is 4.77. The lowest BCUT2D eigenvalue weighted by molar-refractivity contribution is 0.119. The molecule has 2 nitrogen and oxygen atoms in total. The first-order valence-electron chi connectivity index (χ1n) is 7.40. The summed E-state index contributed by atoms with van der Waals surface area (Å²) in [5.41, 5.74) is 0. The van der Waals surface area contributed by atoms with Gasteiger partial charge in [0.25, 0.3) is 0 Å². The van der Waals surface area contributed by atoms with Crippen LogP contribution in [0.15, 0.2) is 0 Å². The van der Waals surface area contributed by atoms with Gasteiger partial charge in [0, 0.05) is 12.1 Å². The molecule has 17 heavy (non-hydrogen) atoms. The predicted molar refractivity (Wildman–Crippen MR) is 78.5 cm³/mol. The van der Waals surface area contributed by atoms with Gasteiger partial charge in [-0.25, -0.2) is 0 Å². The molecule has 0 radical (unpaired) electrons. The number of nitrogens with zero attached hydrogens (tertiary/aromatic N) is 1. The Morgan fingerprint density at radius 3 is 1.94 bits per heavy atom. The van der Waals surface area contributed by atoms with Crippen LogP contribution in [0.3, 0.4) is 0 Å². The third-order valence-electron chi connectivity index (χ3n) is 3.89. The van der Waals surface area contributed by atoms with Gasteiger partial charge in [-0.1, -0.05) is 34.6 Å². The summed E-state index contributed by atoms with van der Waals surface area (Å²) in [4.78, 5) is 2.63. The van der Waals surface area contributed by atoms with Crippen molar-refractivity contribution in [3.8, 4) is 0 Å². The molecule has 0 aromatic rings. The first kappa shape index (κ1) is 16.9. The van der Waals surface area contributed by atoms with Crippen molar-refractivity contribution in [1.29, 1.82) is 0 Å². The van der Waals surface area contributed by atoms with E-state index < -0.39 is 0 Å². The van der Waals surface area contributed by atoms with Crippen molar-refractivity contribution in [2.24, 2.45) is 11.8 Å². The van der Waals surface area contributed by atoms with Crippen molar-refractivity contribution >= 4 is 0 Å². The second kappa shape index (κ2) is 8.93. The molecule has 1 N–H and O–H groups in total. The summed E-state index contributed by atoms with van der Waals surface area (Å²) in [5.74, 6) is 1.46. The molecule has 3 atom stereocenters. The normalized spacial score (nSPS) is 17.5. The maximum atomic E-state index is 3.57. The highest BCUT2D eigenvalue weighted by Crippen LogP contribution is 2.15.